The van der Waals surface area contributed by atoms with Crippen LogP contribution in [0.15, 0.2) is 36.4 Å². The van der Waals surface area contributed by atoms with Gasteiger partial charge in [0.05, 0.1) is 5.39 Å². The molecule has 0 radical (unpaired) electrons. The zero-order valence-electron chi connectivity index (χ0n) is 8.83. The van der Waals surface area contributed by atoms with E-state index >= 15 is 0 Å². The van der Waals surface area contributed by atoms with E-state index in [1.165, 1.54) is 0 Å². The van der Waals surface area contributed by atoms with Crippen LogP contribution in [0.3, 0.4) is 0 Å². The van der Waals surface area contributed by atoms with Gasteiger partial charge in [-0.15, -0.1) is 0 Å². The molecule has 2 aromatic rings. The molecule has 2 nitrogen and oxygen atoms in total. The Morgan fingerprint density at radius 2 is 1.72 bits per heavy atom. The van der Waals surface area contributed by atoms with Gasteiger partial charge < -0.3 is 4.70 Å². The predicted molar refractivity (Wildman–Crippen MR) is 62.8 cm³/mol. The van der Waals surface area contributed by atoms with Gasteiger partial charge in [0.15, 0.2) is 4.98 Å². The average molecular weight is 276 g/mol. The Hall–Kier alpha value is -1.81. The molecule has 18 heavy (non-hydrogen) atoms. The first-order valence-corrected chi connectivity index (χ1v) is 4.88. The Morgan fingerprint density at radius 1 is 1.11 bits per heavy atom. The normalized spacial score (nSPS) is 8.61. The van der Waals surface area contributed by atoms with Crippen molar-refractivity contribution >= 4 is 35.6 Å². The van der Waals surface area contributed by atoms with E-state index in [-0.39, 0.29) is 4.70 Å². The summed E-state index contributed by atoms with van der Waals surface area (Å²) in [5.41, 5.74) is 0.542. The molecule has 0 spiro atoms. The number of hydrogen-bond acceptors (Lipinski definition) is 1. The molecule has 0 amide bonds. The Morgan fingerprint density at radius 3 is 2.28 bits per heavy atom. The number of hydrogen-bond donors (Lipinski definition) is 0. The maximum absolute atomic E-state index is 9.67. The second kappa shape index (κ2) is 7.51. The highest BCUT2D eigenvalue weighted by Gasteiger charge is 2.10. The van der Waals surface area contributed by atoms with Crippen molar-refractivity contribution in [2.75, 3.05) is 0 Å². The van der Waals surface area contributed by atoms with Crippen molar-refractivity contribution in [3.05, 3.63) is 46.4 Å². The Bertz CT molecular complexity index is 556. The van der Waals surface area contributed by atoms with Gasteiger partial charge in [-0.25, -0.2) is 0 Å². The van der Waals surface area contributed by atoms with Gasteiger partial charge in [-0.05, 0) is 17.5 Å². The number of fused-ring (bicyclic) bond motifs is 1. The highest BCUT2D eigenvalue weighted by molar-refractivity contribution is 6.33. The third-order valence-corrected chi connectivity index (χ3v) is 2.16. The average Bonchev–Trinajstić information content (AvgIpc) is 2.27. The van der Waals surface area contributed by atoms with Crippen LogP contribution in [0, 0.1) is 5.39 Å². The molecule has 0 unspecified atom stereocenters. The molecule has 2 rings (SSSR count). The SMILES string of the molecule is FB(F)F.N#[N+]c1cccc2ccc(Cl)cc12.[F-]. The van der Waals surface area contributed by atoms with Crippen LogP contribution in [-0.2, 0) is 0 Å². The molecule has 0 aliphatic heterocycles. The van der Waals surface area contributed by atoms with Crippen molar-refractivity contribution in [2.45, 2.75) is 0 Å². The van der Waals surface area contributed by atoms with Gasteiger partial charge in [-0.1, -0.05) is 29.8 Å². The molecule has 0 heterocycles. The number of diazo groups is 1. The van der Waals surface area contributed by atoms with Crippen LogP contribution in [0.4, 0.5) is 18.6 Å². The minimum atomic E-state index is -3.67. The largest absolute Gasteiger partial charge is 1.00 e. The standard InChI is InChI=1S/C10H6ClN2.BF3.FH/c11-8-5-4-7-2-1-3-10(13-12)9(7)6-8;2-1(3)4;/h1-6H;;1H/q+1;;/p-1. The third kappa shape index (κ3) is 4.59. The van der Waals surface area contributed by atoms with E-state index in [1.807, 2.05) is 24.3 Å². The first-order chi connectivity index (χ1) is 8.04. The third-order valence-electron chi connectivity index (χ3n) is 1.93. The van der Waals surface area contributed by atoms with Gasteiger partial charge >= 0.3 is 13.2 Å². The lowest BCUT2D eigenvalue weighted by Crippen LogP contribution is -3.00. The molecular formula is C10H6BClF4N2. The van der Waals surface area contributed by atoms with E-state index in [4.69, 9.17) is 17.0 Å². The number of benzene rings is 2. The van der Waals surface area contributed by atoms with Crippen LogP contribution < -0.4 is 4.70 Å². The molecule has 0 fully saturated rings. The lowest BCUT2D eigenvalue weighted by atomic mass is 10.1. The van der Waals surface area contributed by atoms with Crippen molar-refractivity contribution in [1.82, 2.24) is 0 Å². The van der Waals surface area contributed by atoms with E-state index < -0.39 is 7.54 Å². The predicted octanol–water partition coefficient (Wildman–Crippen LogP) is 1.86. The fourth-order valence-electron chi connectivity index (χ4n) is 1.32. The smallest absolute Gasteiger partial charge is 0.762 e. The topological polar surface area (TPSA) is 28.1 Å². The van der Waals surface area contributed by atoms with Crippen LogP contribution >= 0.6 is 11.6 Å². The zero-order valence-corrected chi connectivity index (χ0v) is 9.58. The second-order valence-electron chi connectivity index (χ2n) is 2.99. The highest BCUT2D eigenvalue weighted by atomic mass is 35.5. The quantitative estimate of drug-likeness (QED) is 0.410. The monoisotopic (exact) mass is 276 g/mol. The summed E-state index contributed by atoms with van der Waals surface area (Å²) in [6, 6.07) is 11.0. The summed E-state index contributed by atoms with van der Waals surface area (Å²) in [4.78, 5) is 3.18. The van der Waals surface area contributed by atoms with Crippen molar-refractivity contribution < 1.29 is 17.7 Å². The zero-order chi connectivity index (χ0) is 12.8. The molecule has 0 saturated carbocycles. The maximum Gasteiger partial charge on any atom is 0.762 e. The molecule has 0 aliphatic rings. The fraction of sp³-hybridized carbons (Fsp3) is 0. The number of rotatable bonds is 0. The van der Waals surface area contributed by atoms with Crippen LogP contribution in [0.2, 0.25) is 5.02 Å². The van der Waals surface area contributed by atoms with E-state index in [0.29, 0.717) is 10.7 Å². The molecule has 2 aromatic carbocycles. The van der Waals surface area contributed by atoms with Gasteiger partial charge in [-0.2, -0.15) is 0 Å². The summed E-state index contributed by atoms with van der Waals surface area (Å²) >= 11 is 5.82. The molecule has 0 aromatic heterocycles. The highest BCUT2D eigenvalue weighted by Crippen LogP contribution is 2.28. The van der Waals surface area contributed by atoms with Crippen molar-refractivity contribution in [3.63, 3.8) is 0 Å². The van der Waals surface area contributed by atoms with Gasteiger partial charge in [-0.3, -0.25) is 12.9 Å². The molecule has 0 bridgehead atoms. The lowest BCUT2D eigenvalue weighted by Gasteiger charge is -1.93. The van der Waals surface area contributed by atoms with Gasteiger partial charge in [0, 0.05) is 11.1 Å². The van der Waals surface area contributed by atoms with Crippen LogP contribution in [-0.4, -0.2) is 7.54 Å². The van der Waals surface area contributed by atoms with Crippen LogP contribution in [0.25, 0.3) is 15.7 Å². The summed E-state index contributed by atoms with van der Waals surface area (Å²) in [6.07, 6.45) is 0. The number of nitrogens with zero attached hydrogens (tertiary/aromatic N) is 2. The molecular weight excluding hydrogens is 270 g/mol. The fourth-order valence-corrected chi connectivity index (χ4v) is 1.49. The van der Waals surface area contributed by atoms with E-state index in [1.54, 1.807) is 12.1 Å². The van der Waals surface area contributed by atoms with Crippen molar-refractivity contribution in [2.24, 2.45) is 0 Å². The Labute approximate surface area is 106 Å². The van der Waals surface area contributed by atoms with Gasteiger partial charge in [0.1, 0.15) is 0 Å². The molecule has 0 atom stereocenters. The lowest BCUT2D eigenvalue weighted by molar-refractivity contribution is -0.00000629. The summed E-state index contributed by atoms with van der Waals surface area (Å²) in [5, 5.41) is 11.2. The molecule has 0 aliphatic carbocycles. The molecule has 0 saturated heterocycles. The molecule has 94 valence electrons. The van der Waals surface area contributed by atoms with E-state index in [0.717, 1.165) is 10.8 Å². The summed E-state index contributed by atoms with van der Waals surface area (Å²) in [5.74, 6) is 0. The maximum atomic E-state index is 9.67. The van der Waals surface area contributed by atoms with Crippen LogP contribution in [0.5, 0.6) is 0 Å². The van der Waals surface area contributed by atoms with Gasteiger partial charge in [0.2, 0.25) is 5.39 Å². The second-order valence-corrected chi connectivity index (χ2v) is 3.43. The van der Waals surface area contributed by atoms with Gasteiger partial charge in [0.25, 0.3) is 0 Å². The minimum Gasteiger partial charge on any atom is -1.00 e. The molecule has 8 heteroatoms. The van der Waals surface area contributed by atoms with E-state index in [9.17, 15) is 12.9 Å². The minimum absolute atomic E-state index is 0. The number of halogens is 5. The molecule has 0 N–H and O–H groups in total. The van der Waals surface area contributed by atoms with E-state index in [2.05, 4.69) is 4.98 Å². The summed E-state index contributed by atoms with van der Waals surface area (Å²) in [6.45, 7) is 0. The Balaban J connectivity index is 0.000000512. The van der Waals surface area contributed by atoms with Crippen LogP contribution in [0.1, 0.15) is 0 Å². The first kappa shape index (κ1) is 16.2. The Kier molecular flexibility index (Phi) is 6.75. The van der Waals surface area contributed by atoms with Crippen molar-refractivity contribution in [3.8, 4) is 0 Å². The van der Waals surface area contributed by atoms with Crippen molar-refractivity contribution in [1.29, 1.82) is 5.39 Å². The first-order valence-electron chi connectivity index (χ1n) is 4.50. The summed E-state index contributed by atoms with van der Waals surface area (Å²) in [7, 11) is -3.67. The summed E-state index contributed by atoms with van der Waals surface area (Å²) < 4.78 is 29.0.